The maximum absolute atomic E-state index is 12.5. The van der Waals surface area contributed by atoms with Crippen molar-refractivity contribution in [1.29, 1.82) is 0 Å². The van der Waals surface area contributed by atoms with Crippen LogP contribution in [-0.4, -0.2) is 5.97 Å². The summed E-state index contributed by atoms with van der Waals surface area (Å²) in [6.07, 6.45) is 1.86. The molecule has 0 aromatic heterocycles. The van der Waals surface area contributed by atoms with Crippen LogP contribution in [0.1, 0.15) is 45.6 Å². The van der Waals surface area contributed by atoms with Gasteiger partial charge in [-0.15, -0.1) is 0 Å². The third-order valence-electron chi connectivity index (χ3n) is 5.15. The first kappa shape index (κ1) is 15.7. The number of aryl methyl sites for hydroxylation is 3. The maximum Gasteiger partial charge on any atom is 0.338 e. The first-order valence-electron chi connectivity index (χ1n) is 8.65. The Labute approximate surface area is 147 Å². The molecular formula is C22H21NO2. The number of nitrogen functional groups attached to an aromatic ring is 1. The van der Waals surface area contributed by atoms with Gasteiger partial charge in [-0.3, -0.25) is 0 Å². The van der Waals surface area contributed by atoms with Crippen LogP contribution in [0.15, 0.2) is 48.5 Å². The summed E-state index contributed by atoms with van der Waals surface area (Å²) in [4.78, 5) is 12.5. The van der Waals surface area contributed by atoms with Crippen LogP contribution in [-0.2, 0) is 17.6 Å². The van der Waals surface area contributed by atoms with Crippen LogP contribution in [0, 0.1) is 6.92 Å². The van der Waals surface area contributed by atoms with Crippen molar-refractivity contribution in [2.24, 2.45) is 0 Å². The fourth-order valence-electron chi connectivity index (χ4n) is 3.68. The minimum Gasteiger partial charge on any atom is -0.454 e. The average Bonchev–Trinajstić information content (AvgIpc) is 3.02. The van der Waals surface area contributed by atoms with E-state index in [1.54, 1.807) is 12.1 Å². The van der Waals surface area contributed by atoms with Crippen molar-refractivity contribution in [3.63, 3.8) is 0 Å². The van der Waals surface area contributed by atoms with Crippen molar-refractivity contribution in [2.45, 2.75) is 32.8 Å². The number of anilines is 1. The fraction of sp³-hybridized carbons (Fsp3) is 0.227. The number of carbonyl (C=O) groups is 1. The lowest BCUT2D eigenvalue weighted by atomic mass is 9.97. The zero-order valence-electron chi connectivity index (χ0n) is 14.5. The molecule has 0 unspecified atom stereocenters. The van der Waals surface area contributed by atoms with Crippen molar-refractivity contribution >= 4 is 22.4 Å². The fourth-order valence-corrected chi connectivity index (χ4v) is 3.68. The quantitative estimate of drug-likeness (QED) is 0.557. The molecule has 3 nitrogen and oxygen atoms in total. The summed E-state index contributed by atoms with van der Waals surface area (Å²) in [6, 6.07) is 15.9. The highest BCUT2D eigenvalue weighted by Gasteiger charge is 2.20. The molecule has 0 amide bonds. The highest BCUT2D eigenvalue weighted by molar-refractivity contribution is 5.94. The summed E-state index contributed by atoms with van der Waals surface area (Å²) in [6.45, 7) is 3.84. The Bertz CT molecular complexity index is 980. The van der Waals surface area contributed by atoms with E-state index in [1.165, 1.54) is 21.9 Å². The summed E-state index contributed by atoms with van der Waals surface area (Å²) in [5.74, 6) is -0.345. The monoisotopic (exact) mass is 331 g/mol. The Balaban J connectivity index is 1.66. The van der Waals surface area contributed by atoms with Crippen LogP contribution in [0.5, 0.6) is 0 Å². The predicted octanol–water partition coefficient (Wildman–Crippen LogP) is 4.75. The van der Waals surface area contributed by atoms with Gasteiger partial charge in [-0.2, -0.15) is 0 Å². The van der Waals surface area contributed by atoms with E-state index in [1.807, 2.05) is 19.9 Å². The van der Waals surface area contributed by atoms with Gasteiger partial charge in [0.15, 0.2) is 0 Å². The molecule has 0 aliphatic heterocycles. The van der Waals surface area contributed by atoms with Gasteiger partial charge in [-0.1, -0.05) is 36.4 Å². The molecule has 0 fully saturated rings. The minimum absolute atomic E-state index is 0.320. The number of carbonyl (C=O) groups excluding carboxylic acids is 1. The average molecular weight is 331 g/mol. The third kappa shape index (κ3) is 2.66. The van der Waals surface area contributed by atoms with Crippen LogP contribution < -0.4 is 5.73 Å². The topological polar surface area (TPSA) is 52.3 Å². The Kier molecular flexibility index (Phi) is 3.72. The van der Waals surface area contributed by atoms with Crippen molar-refractivity contribution in [3.05, 3.63) is 76.3 Å². The number of benzene rings is 3. The van der Waals surface area contributed by atoms with Crippen molar-refractivity contribution in [2.75, 3.05) is 5.73 Å². The Morgan fingerprint density at radius 2 is 1.84 bits per heavy atom. The zero-order valence-corrected chi connectivity index (χ0v) is 14.5. The summed E-state index contributed by atoms with van der Waals surface area (Å²) in [7, 11) is 0. The van der Waals surface area contributed by atoms with E-state index in [9.17, 15) is 4.79 Å². The van der Waals surface area contributed by atoms with E-state index >= 15 is 0 Å². The molecule has 1 aliphatic rings. The van der Waals surface area contributed by atoms with Crippen LogP contribution in [0.25, 0.3) is 10.8 Å². The first-order valence-corrected chi connectivity index (χ1v) is 8.65. The smallest absolute Gasteiger partial charge is 0.338 e. The molecule has 0 saturated carbocycles. The van der Waals surface area contributed by atoms with E-state index in [4.69, 9.17) is 10.5 Å². The number of hydrogen-bond acceptors (Lipinski definition) is 3. The van der Waals surface area contributed by atoms with Crippen molar-refractivity contribution in [1.82, 2.24) is 0 Å². The van der Waals surface area contributed by atoms with Gasteiger partial charge in [-0.05, 0) is 66.3 Å². The van der Waals surface area contributed by atoms with Crippen LogP contribution in [0.2, 0.25) is 0 Å². The predicted molar refractivity (Wildman–Crippen MR) is 101 cm³/mol. The molecule has 3 heteroatoms. The highest BCUT2D eigenvalue weighted by atomic mass is 16.5. The Hall–Kier alpha value is -2.81. The van der Waals surface area contributed by atoms with Gasteiger partial charge in [0.2, 0.25) is 0 Å². The van der Waals surface area contributed by atoms with Gasteiger partial charge in [0.25, 0.3) is 0 Å². The number of esters is 1. The third-order valence-corrected chi connectivity index (χ3v) is 5.15. The Morgan fingerprint density at radius 3 is 2.60 bits per heavy atom. The molecular weight excluding hydrogens is 310 g/mol. The largest absolute Gasteiger partial charge is 0.454 e. The zero-order chi connectivity index (χ0) is 17.6. The van der Waals surface area contributed by atoms with Crippen LogP contribution >= 0.6 is 0 Å². The van der Waals surface area contributed by atoms with E-state index in [0.717, 1.165) is 24.0 Å². The molecule has 1 atom stereocenters. The number of ether oxygens (including phenoxy) is 1. The second kappa shape index (κ2) is 5.92. The molecule has 2 N–H and O–H groups in total. The minimum atomic E-state index is -0.345. The standard InChI is InChI=1S/C22H21NO2/c1-13-6-7-17(12-20(13)23)22(24)25-14(2)18-11-10-16-9-8-15-4-3-5-19(18)21(15)16/h3-7,10-12,14H,8-9,23H2,1-2H3/t14-/m1/s1. The molecule has 4 rings (SSSR count). The van der Waals surface area contributed by atoms with Gasteiger partial charge < -0.3 is 10.5 Å². The molecule has 0 radical (unpaired) electrons. The normalized spacial score (nSPS) is 13.8. The van der Waals surface area contributed by atoms with Gasteiger partial charge in [-0.25, -0.2) is 4.79 Å². The van der Waals surface area contributed by atoms with Crippen molar-refractivity contribution in [3.8, 4) is 0 Å². The first-order chi connectivity index (χ1) is 12.0. The molecule has 1 aliphatic carbocycles. The maximum atomic E-state index is 12.5. The summed E-state index contributed by atoms with van der Waals surface area (Å²) in [5.41, 5.74) is 11.8. The van der Waals surface area contributed by atoms with E-state index in [-0.39, 0.29) is 12.1 Å². The van der Waals surface area contributed by atoms with E-state index in [2.05, 4.69) is 30.3 Å². The lowest BCUT2D eigenvalue weighted by Gasteiger charge is -2.17. The summed E-state index contributed by atoms with van der Waals surface area (Å²) < 4.78 is 5.73. The summed E-state index contributed by atoms with van der Waals surface area (Å²) >= 11 is 0. The highest BCUT2D eigenvalue weighted by Crippen LogP contribution is 2.36. The van der Waals surface area contributed by atoms with Crippen LogP contribution in [0.3, 0.4) is 0 Å². The molecule has 0 bridgehead atoms. The Morgan fingerprint density at radius 1 is 1.08 bits per heavy atom. The van der Waals surface area contributed by atoms with Crippen LogP contribution in [0.4, 0.5) is 5.69 Å². The van der Waals surface area contributed by atoms with Gasteiger partial charge in [0.05, 0.1) is 5.56 Å². The second-order valence-electron chi connectivity index (χ2n) is 6.77. The van der Waals surface area contributed by atoms with Crippen molar-refractivity contribution < 1.29 is 9.53 Å². The lowest BCUT2D eigenvalue weighted by molar-refractivity contribution is 0.0341. The second-order valence-corrected chi connectivity index (χ2v) is 6.77. The lowest BCUT2D eigenvalue weighted by Crippen LogP contribution is -2.10. The molecule has 0 saturated heterocycles. The van der Waals surface area contributed by atoms with E-state index in [0.29, 0.717) is 11.3 Å². The molecule has 3 aromatic carbocycles. The van der Waals surface area contributed by atoms with E-state index < -0.39 is 0 Å². The molecule has 3 aromatic rings. The van der Waals surface area contributed by atoms with Gasteiger partial charge in [0, 0.05) is 11.3 Å². The number of nitrogens with two attached hydrogens (primary N) is 1. The SMILES string of the molecule is Cc1ccc(C(=O)O[C@H](C)c2ccc3c4c(cccc24)CC3)cc1N. The summed E-state index contributed by atoms with van der Waals surface area (Å²) in [5, 5.41) is 2.53. The number of rotatable bonds is 3. The molecule has 0 heterocycles. The molecule has 126 valence electrons. The van der Waals surface area contributed by atoms with Gasteiger partial charge >= 0.3 is 5.97 Å². The molecule has 0 spiro atoms. The molecule has 25 heavy (non-hydrogen) atoms. The van der Waals surface area contributed by atoms with Gasteiger partial charge in [0.1, 0.15) is 6.10 Å². The number of hydrogen-bond donors (Lipinski definition) is 1.